The van der Waals surface area contributed by atoms with Crippen molar-refractivity contribution >= 4 is 35.1 Å². The van der Waals surface area contributed by atoms with Crippen LogP contribution in [0.2, 0.25) is 0 Å². The molecule has 1 aliphatic carbocycles. The molecular weight excluding hydrogens is 600 g/mol. The summed E-state index contributed by atoms with van der Waals surface area (Å²) in [6.07, 6.45) is 7.88. The van der Waals surface area contributed by atoms with E-state index in [0.717, 1.165) is 38.5 Å². The molecule has 4 rings (SSSR count). The third-order valence-corrected chi connectivity index (χ3v) is 9.01. The maximum atomic E-state index is 14.4. The average Bonchev–Trinajstić information content (AvgIpc) is 3.83. The van der Waals surface area contributed by atoms with E-state index in [2.05, 4.69) is 23.5 Å². The number of alkyl carbamates (subject to hydrolysis) is 1. The Morgan fingerprint density at radius 3 is 2.45 bits per heavy atom. The molecule has 47 heavy (non-hydrogen) atoms. The highest BCUT2D eigenvalue weighted by molar-refractivity contribution is 5.91. The zero-order chi connectivity index (χ0) is 34.3. The molecule has 0 radical (unpaired) electrons. The molecule has 1 aromatic carbocycles. The highest BCUT2D eigenvalue weighted by atomic mass is 16.6. The van der Waals surface area contributed by atoms with Crippen LogP contribution in [-0.2, 0) is 19.1 Å². The van der Waals surface area contributed by atoms with Crippen LogP contribution in [0.4, 0.5) is 4.79 Å². The van der Waals surface area contributed by atoms with Gasteiger partial charge in [0.1, 0.15) is 35.7 Å². The first-order valence-electron chi connectivity index (χ1n) is 16.6. The van der Waals surface area contributed by atoms with Gasteiger partial charge in [0, 0.05) is 12.0 Å². The number of esters is 1. The number of amides is 2. The molecule has 1 saturated carbocycles. The zero-order valence-corrected chi connectivity index (χ0v) is 28.6. The van der Waals surface area contributed by atoms with E-state index in [1.54, 1.807) is 25.3 Å². The summed E-state index contributed by atoms with van der Waals surface area (Å²) >= 11 is 0. The number of rotatable bonds is 15. The first-order valence-corrected chi connectivity index (χ1v) is 16.6. The fourth-order valence-electron chi connectivity index (χ4n) is 6.28. The first kappa shape index (κ1) is 35.7. The van der Waals surface area contributed by atoms with Crippen LogP contribution in [0.15, 0.2) is 37.4 Å². The fourth-order valence-corrected chi connectivity index (χ4v) is 6.28. The summed E-state index contributed by atoms with van der Waals surface area (Å²) in [6, 6.07) is 3.50. The second kappa shape index (κ2) is 15.6. The summed E-state index contributed by atoms with van der Waals surface area (Å²) < 4.78 is 22.9. The summed E-state index contributed by atoms with van der Waals surface area (Å²) in [5.74, 6) is -0.249. The lowest BCUT2D eigenvalue weighted by molar-refractivity contribution is -0.154. The molecule has 1 aliphatic heterocycles. The number of likely N-dealkylation sites (tertiary alicyclic amines) is 1. The molecule has 2 heterocycles. The van der Waals surface area contributed by atoms with Crippen molar-refractivity contribution in [2.45, 2.75) is 96.9 Å². The normalized spacial score (nSPS) is 20.6. The standard InChI is InChI=1S/C36H50N4O7/c1-9-12-13-14-15-23(10-2)46-35(43)39-31(36(4,5)6)33(41)40-21-28(29(22-16-17-22)30(40)34(42)45-8)47-32-25(11-3)37-26-19-18-24(44-7)20-27(26)38-32/h9,11,18-20,22-23,28-31H,1,3,10,12-17,21H2,2,4-8H3,(H,39,43)/t23-,28+,29-,30+,31-/m1/s1. The molecule has 2 amide bonds. The van der Waals surface area contributed by atoms with E-state index in [-0.39, 0.29) is 30.4 Å². The molecule has 1 N–H and O–H groups in total. The van der Waals surface area contributed by atoms with Crippen LogP contribution in [-0.4, -0.2) is 77.9 Å². The zero-order valence-electron chi connectivity index (χ0n) is 28.6. The van der Waals surface area contributed by atoms with Gasteiger partial charge in [-0.05, 0) is 74.5 Å². The molecule has 0 spiro atoms. The summed E-state index contributed by atoms with van der Waals surface area (Å²) in [5, 5.41) is 2.84. The molecule has 1 saturated heterocycles. The van der Waals surface area contributed by atoms with Crippen LogP contribution in [0.1, 0.15) is 78.3 Å². The van der Waals surface area contributed by atoms with Crippen molar-refractivity contribution in [1.82, 2.24) is 20.2 Å². The maximum Gasteiger partial charge on any atom is 0.408 e. The number of nitrogens with one attached hydrogen (secondary N) is 1. The Kier molecular flexibility index (Phi) is 11.9. The number of methoxy groups -OCH3 is 2. The van der Waals surface area contributed by atoms with Gasteiger partial charge in [0.15, 0.2) is 0 Å². The van der Waals surface area contributed by atoms with Crippen LogP contribution in [0.25, 0.3) is 17.1 Å². The number of unbranched alkanes of at least 4 members (excludes halogenated alkanes) is 2. The van der Waals surface area contributed by atoms with Crippen molar-refractivity contribution in [3.63, 3.8) is 0 Å². The Morgan fingerprint density at radius 1 is 1.11 bits per heavy atom. The lowest BCUT2D eigenvalue weighted by Crippen LogP contribution is -2.57. The quantitative estimate of drug-likeness (QED) is 0.138. The molecule has 1 aromatic heterocycles. The first-order chi connectivity index (χ1) is 22.4. The van der Waals surface area contributed by atoms with Crippen LogP contribution in [0.3, 0.4) is 0 Å². The Balaban J connectivity index is 1.61. The minimum atomic E-state index is -0.976. The highest BCUT2D eigenvalue weighted by Crippen LogP contribution is 2.47. The third-order valence-electron chi connectivity index (χ3n) is 9.01. The Labute approximate surface area is 278 Å². The van der Waals surface area contributed by atoms with Crippen LogP contribution in [0.5, 0.6) is 11.6 Å². The number of benzene rings is 1. The van der Waals surface area contributed by atoms with Crippen LogP contribution < -0.4 is 14.8 Å². The van der Waals surface area contributed by atoms with Crippen molar-refractivity contribution in [2.24, 2.45) is 17.3 Å². The molecule has 11 heteroatoms. The van der Waals surface area contributed by atoms with Gasteiger partial charge < -0.3 is 29.2 Å². The molecule has 5 atom stereocenters. The Hall–Kier alpha value is -4.15. The van der Waals surface area contributed by atoms with Gasteiger partial charge in [0.25, 0.3) is 0 Å². The van der Waals surface area contributed by atoms with Gasteiger partial charge in [-0.2, -0.15) is 0 Å². The second-order valence-corrected chi connectivity index (χ2v) is 13.5. The van der Waals surface area contributed by atoms with E-state index in [1.165, 1.54) is 12.0 Å². The smallest absolute Gasteiger partial charge is 0.408 e. The largest absolute Gasteiger partial charge is 0.497 e. The summed E-state index contributed by atoms with van der Waals surface area (Å²) in [4.78, 5) is 52.0. The van der Waals surface area contributed by atoms with Crippen molar-refractivity contribution < 1.29 is 33.3 Å². The molecule has 11 nitrogen and oxygen atoms in total. The number of ether oxygens (including phenoxy) is 4. The maximum absolute atomic E-state index is 14.4. The minimum Gasteiger partial charge on any atom is -0.497 e. The van der Waals surface area contributed by atoms with Gasteiger partial charge in [-0.15, -0.1) is 6.58 Å². The molecule has 2 aliphatic rings. The molecule has 0 unspecified atom stereocenters. The number of nitrogens with zero attached hydrogens (tertiary/aromatic N) is 3. The van der Waals surface area contributed by atoms with Gasteiger partial charge in [-0.3, -0.25) is 4.79 Å². The van der Waals surface area contributed by atoms with E-state index in [0.29, 0.717) is 28.9 Å². The fraction of sp³-hybridized carbons (Fsp3) is 0.583. The number of hydrogen-bond donors (Lipinski definition) is 1. The monoisotopic (exact) mass is 650 g/mol. The minimum absolute atomic E-state index is 0.0956. The van der Waals surface area contributed by atoms with Gasteiger partial charge in [-0.25, -0.2) is 19.6 Å². The van der Waals surface area contributed by atoms with Crippen LogP contribution >= 0.6 is 0 Å². The average molecular weight is 651 g/mol. The molecule has 2 aromatic rings. The van der Waals surface area contributed by atoms with E-state index in [9.17, 15) is 14.4 Å². The number of aromatic nitrogens is 2. The SMILES string of the molecule is C=CCCCC[C@@H](CC)OC(=O)N[C@H](C(=O)N1C[C@H](Oc2nc3cc(OC)ccc3nc2C=C)[C@@H](C2CC2)[C@H]1C(=O)OC)C(C)(C)C. The predicted octanol–water partition coefficient (Wildman–Crippen LogP) is 6.10. The summed E-state index contributed by atoms with van der Waals surface area (Å²) in [6.45, 7) is 15.3. The van der Waals surface area contributed by atoms with Crippen molar-refractivity contribution in [3.05, 3.63) is 43.1 Å². The lowest BCUT2D eigenvalue weighted by atomic mass is 9.85. The topological polar surface area (TPSA) is 129 Å². The van der Waals surface area contributed by atoms with Gasteiger partial charge >= 0.3 is 12.1 Å². The van der Waals surface area contributed by atoms with E-state index in [1.807, 2.05) is 39.8 Å². The molecular formula is C36H50N4O7. The van der Waals surface area contributed by atoms with E-state index in [4.69, 9.17) is 23.9 Å². The van der Waals surface area contributed by atoms with E-state index < -0.39 is 41.6 Å². The number of hydrogen-bond acceptors (Lipinski definition) is 9. The van der Waals surface area contributed by atoms with Gasteiger partial charge in [-0.1, -0.05) is 40.3 Å². The van der Waals surface area contributed by atoms with Crippen LogP contribution in [0, 0.1) is 17.3 Å². The van der Waals surface area contributed by atoms with Crippen molar-refractivity contribution in [3.8, 4) is 11.6 Å². The van der Waals surface area contributed by atoms with Crippen molar-refractivity contribution in [1.29, 1.82) is 0 Å². The lowest BCUT2D eigenvalue weighted by Gasteiger charge is -2.35. The number of fused-ring (bicyclic) bond motifs is 1. The van der Waals surface area contributed by atoms with Gasteiger partial charge in [0.2, 0.25) is 11.8 Å². The Morgan fingerprint density at radius 2 is 1.85 bits per heavy atom. The summed E-state index contributed by atoms with van der Waals surface area (Å²) in [7, 11) is 2.90. The second-order valence-electron chi connectivity index (χ2n) is 13.5. The number of carbonyl (C=O) groups excluding carboxylic acids is 3. The molecule has 0 bridgehead atoms. The number of carbonyl (C=O) groups is 3. The third kappa shape index (κ3) is 8.61. The summed E-state index contributed by atoms with van der Waals surface area (Å²) in [5.41, 5.74) is 0.971. The van der Waals surface area contributed by atoms with E-state index >= 15 is 0 Å². The Bertz CT molecular complexity index is 1450. The number of allylic oxidation sites excluding steroid dienone is 1. The predicted molar refractivity (Wildman–Crippen MR) is 180 cm³/mol. The highest BCUT2D eigenvalue weighted by Gasteiger charge is 2.57. The molecule has 2 fully saturated rings. The molecule has 256 valence electrons. The van der Waals surface area contributed by atoms with Gasteiger partial charge in [0.05, 0.1) is 31.8 Å². The van der Waals surface area contributed by atoms with Crippen molar-refractivity contribution in [2.75, 3.05) is 20.8 Å².